The number of nitrogens with zero attached hydrogens (tertiary/aromatic N) is 3. The van der Waals surface area contributed by atoms with Crippen molar-refractivity contribution < 1.29 is 24.2 Å². The lowest BCUT2D eigenvalue weighted by molar-refractivity contribution is -0.154. The molecule has 3 heterocycles. The van der Waals surface area contributed by atoms with Crippen molar-refractivity contribution in [2.24, 2.45) is 17.8 Å². The third-order valence-corrected chi connectivity index (χ3v) is 10.3. The topological polar surface area (TPSA) is 90.4 Å². The van der Waals surface area contributed by atoms with Crippen LogP contribution in [0.1, 0.15) is 58.8 Å². The number of aliphatic hydroxyl groups excluding tert-OH is 1. The fourth-order valence-electron chi connectivity index (χ4n) is 7.45. The van der Waals surface area contributed by atoms with Gasteiger partial charge in [-0.25, -0.2) is 0 Å². The Morgan fingerprint density at radius 3 is 2.45 bits per heavy atom. The maximum absolute atomic E-state index is 14.7. The van der Waals surface area contributed by atoms with E-state index in [1.165, 1.54) is 0 Å². The molecular formula is C29H44BrN3O5. The molecule has 3 unspecified atom stereocenters. The number of aliphatic hydroxyl groups is 1. The van der Waals surface area contributed by atoms with Crippen LogP contribution in [0.2, 0.25) is 0 Å². The van der Waals surface area contributed by atoms with Gasteiger partial charge in [0.2, 0.25) is 17.7 Å². The Morgan fingerprint density at radius 2 is 1.87 bits per heavy atom. The molecule has 1 N–H and O–H groups in total. The maximum Gasteiger partial charge on any atom is 0.248 e. The molecule has 1 spiro atoms. The number of likely N-dealkylation sites (N-methyl/N-ethyl adjacent to an activating group) is 1. The number of amides is 3. The molecule has 0 aromatic rings. The summed E-state index contributed by atoms with van der Waals surface area (Å²) in [7, 11) is 1.70. The van der Waals surface area contributed by atoms with E-state index in [4.69, 9.17) is 4.74 Å². The molecule has 2 bridgehead atoms. The smallest absolute Gasteiger partial charge is 0.248 e. The monoisotopic (exact) mass is 593 g/mol. The first-order valence-electron chi connectivity index (χ1n) is 14.2. The first-order chi connectivity index (χ1) is 18.2. The van der Waals surface area contributed by atoms with Gasteiger partial charge in [0, 0.05) is 31.0 Å². The van der Waals surface area contributed by atoms with Gasteiger partial charge in [0.05, 0.1) is 30.6 Å². The summed E-state index contributed by atoms with van der Waals surface area (Å²) in [6.45, 7) is 12.2. The number of hydrogen-bond acceptors (Lipinski definition) is 5. The molecule has 0 aromatic carbocycles. The third-order valence-electron chi connectivity index (χ3n) is 9.49. The highest BCUT2D eigenvalue weighted by atomic mass is 79.9. The summed E-state index contributed by atoms with van der Waals surface area (Å²) < 4.78 is 6.68. The van der Waals surface area contributed by atoms with E-state index in [1.54, 1.807) is 29.0 Å². The van der Waals surface area contributed by atoms with Gasteiger partial charge < -0.3 is 24.5 Å². The van der Waals surface area contributed by atoms with E-state index >= 15 is 0 Å². The average Bonchev–Trinajstić information content (AvgIpc) is 3.51. The molecule has 9 heteroatoms. The van der Waals surface area contributed by atoms with Crippen molar-refractivity contribution in [3.63, 3.8) is 0 Å². The fourth-order valence-corrected chi connectivity index (χ4v) is 8.39. The summed E-state index contributed by atoms with van der Waals surface area (Å²) in [5, 5.41) is 10.5. The molecule has 8 atom stereocenters. The van der Waals surface area contributed by atoms with Crippen molar-refractivity contribution in [2.45, 2.75) is 93.5 Å². The lowest BCUT2D eigenvalue weighted by Crippen LogP contribution is -2.61. The Kier molecular flexibility index (Phi) is 9.09. The molecule has 3 saturated heterocycles. The second-order valence-corrected chi connectivity index (χ2v) is 12.8. The number of rotatable bonds is 11. The number of carbonyl (C=O) groups is 3. The lowest BCUT2D eigenvalue weighted by Gasteiger charge is -2.43. The standard InChI is InChI=1S/C29H44BrN3O5/c1-6-14-31(5)26(35)22-23-27(36)33(21(17-34)18(4)8-3)25(29(23)16-20(30)24(22)38-29)28(37)32(15-7-2)19-12-10-9-11-13-19/h6-7,18-25,34H,1-2,8-17H2,3-5H3/t18-,20?,21-,22-,23-,24-,25?,29?/m0/s1. The number of hydrogen-bond donors (Lipinski definition) is 1. The number of likely N-dealkylation sites (tertiary alicyclic amines) is 1. The minimum absolute atomic E-state index is 0.0356. The summed E-state index contributed by atoms with van der Waals surface area (Å²) in [5.41, 5.74) is -1.13. The molecule has 8 nitrogen and oxygen atoms in total. The number of ether oxygens (including phenoxy) is 1. The lowest BCUT2D eigenvalue weighted by atomic mass is 9.70. The highest BCUT2D eigenvalue weighted by Crippen LogP contribution is 2.61. The number of carbonyl (C=O) groups excluding carboxylic acids is 3. The number of halogens is 1. The Bertz CT molecular complexity index is 939. The number of alkyl halides is 1. The second kappa shape index (κ2) is 11.8. The minimum atomic E-state index is -1.13. The van der Waals surface area contributed by atoms with Crippen molar-refractivity contribution >= 4 is 33.7 Å². The van der Waals surface area contributed by atoms with Gasteiger partial charge in [0.25, 0.3) is 0 Å². The van der Waals surface area contributed by atoms with E-state index in [9.17, 15) is 19.5 Å². The van der Waals surface area contributed by atoms with Crippen LogP contribution in [0.4, 0.5) is 0 Å². The summed E-state index contributed by atoms with van der Waals surface area (Å²) in [6, 6.07) is -1.37. The van der Waals surface area contributed by atoms with Crippen molar-refractivity contribution in [1.29, 1.82) is 0 Å². The van der Waals surface area contributed by atoms with Crippen molar-refractivity contribution in [1.82, 2.24) is 14.7 Å². The predicted molar refractivity (Wildman–Crippen MR) is 149 cm³/mol. The fraction of sp³-hybridized carbons (Fsp3) is 0.759. The third kappa shape index (κ3) is 4.66. The largest absolute Gasteiger partial charge is 0.394 e. The zero-order valence-corrected chi connectivity index (χ0v) is 24.6. The first-order valence-corrected chi connectivity index (χ1v) is 15.1. The molecule has 38 heavy (non-hydrogen) atoms. The van der Waals surface area contributed by atoms with Crippen LogP contribution in [0.3, 0.4) is 0 Å². The van der Waals surface area contributed by atoms with Crippen molar-refractivity contribution in [3.05, 3.63) is 25.3 Å². The molecule has 3 aliphatic heterocycles. The molecular weight excluding hydrogens is 550 g/mol. The van der Waals surface area contributed by atoms with Gasteiger partial charge in [-0.3, -0.25) is 14.4 Å². The van der Waals surface area contributed by atoms with Gasteiger partial charge >= 0.3 is 0 Å². The molecule has 4 rings (SSSR count). The average molecular weight is 595 g/mol. The molecule has 0 radical (unpaired) electrons. The zero-order chi connectivity index (χ0) is 27.8. The Morgan fingerprint density at radius 1 is 1.21 bits per heavy atom. The summed E-state index contributed by atoms with van der Waals surface area (Å²) in [5.74, 6) is -2.09. The number of fused-ring (bicyclic) bond motifs is 1. The first kappa shape index (κ1) is 29.3. The van der Waals surface area contributed by atoms with Crippen LogP contribution >= 0.6 is 15.9 Å². The van der Waals surface area contributed by atoms with Gasteiger partial charge in [-0.1, -0.05) is 67.6 Å². The minimum Gasteiger partial charge on any atom is -0.394 e. The highest BCUT2D eigenvalue weighted by molar-refractivity contribution is 9.09. The van der Waals surface area contributed by atoms with E-state index in [1.807, 2.05) is 18.7 Å². The van der Waals surface area contributed by atoms with E-state index in [2.05, 4.69) is 29.1 Å². The molecule has 0 aromatic heterocycles. The van der Waals surface area contributed by atoms with Crippen LogP contribution in [-0.4, -0.2) is 98.9 Å². The van der Waals surface area contributed by atoms with Crippen LogP contribution in [0.25, 0.3) is 0 Å². The molecule has 1 saturated carbocycles. The predicted octanol–water partition coefficient (Wildman–Crippen LogP) is 3.13. The van der Waals surface area contributed by atoms with Gasteiger partial charge in [-0.15, -0.1) is 13.2 Å². The van der Waals surface area contributed by atoms with Crippen molar-refractivity contribution in [2.75, 3.05) is 26.7 Å². The molecule has 212 valence electrons. The molecule has 4 fully saturated rings. The van der Waals surface area contributed by atoms with Crippen LogP contribution < -0.4 is 0 Å². The quantitative estimate of drug-likeness (QED) is 0.293. The van der Waals surface area contributed by atoms with Crippen LogP contribution in [-0.2, 0) is 19.1 Å². The van der Waals surface area contributed by atoms with Crippen LogP contribution in [0, 0.1) is 17.8 Å². The second-order valence-electron chi connectivity index (χ2n) is 11.6. The molecule has 4 aliphatic rings. The van der Waals surface area contributed by atoms with Gasteiger partial charge in [-0.2, -0.15) is 0 Å². The van der Waals surface area contributed by atoms with Gasteiger partial charge in [-0.05, 0) is 25.2 Å². The summed E-state index contributed by atoms with van der Waals surface area (Å²) in [6.07, 6.45) is 9.23. The van der Waals surface area contributed by atoms with E-state index in [-0.39, 0.29) is 41.1 Å². The van der Waals surface area contributed by atoms with Crippen LogP contribution in [0.5, 0.6) is 0 Å². The van der Waals surface area contributed by atoms with E-state index < -0.39 is 35.6 Å². The Labute approximate surface area is 235 Å². The maximum atomic E-state index is 14.7. The van der Waals surface area contributed by atoms with E-state index in [0.717, 1.165) is 38.5 Å². The summed E-state index contributed by atoms with van der Waals surface area (Å²) >= 11 is 3.74. The summed E-state index contributed by atoms with van der Waals surface area (Å²) in [4.78, 5) is 47.7. The zero-order valence-electron chi connectivity index (χ0n) is 23.1. The highest BCUT2D eigenvalue weighted by Gasteiger charge is 2.77. The molecule has 3 amide bonds. The van der Waals surface area contributed by atoms with Gasteiger partial charge in [0.1, 0.15) is 11.6 Å². The van der Waals surface area contributed by atoms with E-state index in [0.29, 0.717) is 19.5 Å². The molecule has 1 aliphatic carbocycles. The normalized spacial score (nSPS) is 34.1. The SMILES string of the molecule is C=CCN(C)C(=O)[C@H]1[C@H]2C(=O)N([C@@H](CO)[C@@H](C)CC)C(C(=O)N(CC=C)C3CCCCC3)C23CC(Br)[C@@H]1O3. The Hall–Kier alpha value is -1.71. The van der Waals surface area contributed by atoms with Crippen molar-refractivity contribution in [3.8, 4) is 0 Å². The van der Waals surface area contributed by atoms with Crippen LogP contribution in [0.15, 0.2) is 25.3 Å². The Balaban J connectivity index is 1.82. The van der Waals surface area contributed by atoms with Gasteiger partial charge in [0.15, 0.2) is 0 Å².